The third-order valence-corrected chi connectivity index (χ3v) is 7.26. The first kappa shape index (κ1) is 24.9. The Kier molecular flexibility index (Phi) is 7.85. The molecular weight excluding hydrogens is 455 g/mol. The van der Waals surface area contributed by atoms with Gasteiger partial charge < -0.3 is 10.2 Å². The number of para-hydroxylation sites is 1. The molecule has 3 atom stereocenters. The van der Waals surface area contributed by atoms with Gasteiger partial charge in [-0.15, -0.1) is 9.24 Å². The minimum absolute atomic E-state index is 0.0411. The van der Waals surface area contributed by atoms with Crippen LogP contribution in [0.15, 0.2) is 48.5 Å². The zero-order chi connectivity index (χ0) is 24.9. The van der Waals surface area contributed by atoms with Crippen LogP contribution in [-0.2, 0) is 6.42 Å². The van der Waals surface area contributed by atoms with Gasteiger partial charge in [-0.3, -0.25) is 5.32 Å². The molecule has 0 spiro atoms. The first-order valence-corrected chi connectivity index (χ1v) is 12.8. The standard InChI is InChI=1S/C27H33N6OP/c1-4-13-32-16-22(19-11-12-25(35)18(3)14-19)24(17-32)29-27(34)30-26-21(15-28)23(5-2)31-33(26)20-9-7-6-8-10-20/h6-12,14,22,24H,4-5,13,16-17,35H2,1-3H3,(H2,29,30,34)/t22?,24-/m1/s1. The van der Waals surface area contributed by atoms with Gasteiger partial charge in [-0.25, -0.2) is 9.48 Å². The Hall–Kier alpha value is -3.20. The maximum Gasteiger partial charge on any atom is 0.320 e. The smallest absolute Gasteiger partial charge is 0.320 e. The number of anilines is 1. The van der Waals surface area contributed by atoms with E-state index in [1.807, 2.05) is 37.3 Å². The number of amides is 2. The van der Waals surface area contributed by atoms with E-state index in [2.05, 4.69) is 68.0 Å². The number of carbonyl (C=O) groups is 1. The van der Waals surface area contributed by atoms with Crippen molar-refractivity contribution in [2.75, 3.05) is 25.0 Å². The first-order valence-electron chi connectivity index (χ1n) is 12.2. The second kappa shape index (κ2) is 11.0. The summed E-state index contributed by atoms with van der Waals surface area (Å²) in [5, 5.41) is 21.8. The highest BCUT2D eigenvalue weighted by Gasteiger charge is 2.35. The van der Waals surface area contributed by atoms with E-state index in [0.29, 0.717) is 23.5 Å². The maximum atomic E-state index is 13.3. The predicted molar refractivity (Wildman–Crippen MR) is 144 cm³/mol. The van der Waals surface area contributed by atoms with E-state index in [1.54, 1.807) is 4.68 Å². The van der Waals surface area contributed by atoms with Crippen LogP contribution in [-0.4, -0.2) is 46.4 Å². The van der Waals surface area contributed by atoms with Crippen molar-refractivity contribution in [2.24, 2.45) is 0 Å². The van der Waals surface area contributed by atoms with Gasteiger partial charge in [-0.2, -0.15) is 10.4 Å². The number of carbonyl (C=O) groups excluding carboxylic acids is 1. The highest BCUT2D eigenvalue weighted by atomic mass is 31.0. The van der Waals surface area contributed by atoms with E-state index in [4.69, 9.17) is 0 Å². The number of likely N-dealkylation sites (tertiary alicyclic amines) is 1. The summed E-state index contributed by atoms with van der Waals surface area (Å²) < 4.78 is 1.65. The molecule has 8 heteroatoms. The fourth-order valence-corrected chi connectivity index (χ4v) is 4.99. The van der Waals surface area contributed by atoms with Crippen molar-refractivity contribution in [1.29, 1.82) is 5.26 Å². The Morgan fingerprint density at radius 1 is 1.20 bits per heavy atom. The van der Waals surface area contributed by atoms with Crippen molar-refractivity contribution in [3.63, 3.8) is 0 Å². The molecule has 2 aromatic carbocycles. The van der Waals surface area contributed by atoms with Crippen LogP contribution in [0, 0.1) is 18.3 Å². The van der Waals surface area contributed by atoms with E-state index in [1.165, 1.54) is 16.4 Å². The Morgan fingerprint density at radius 2 is 1.97 bits per heavy atom. The maximum absolute atomic E-state index is 13.3. The van der Waals surface area contributed by atoms with Gasteiger partial charge in [-0.05, 0) is 54.9 Å². The summed E-state index contributed by atoms with van der Waals surface area (Å²) in [4.78, 5) is 15.7. The predicted octanol–water partition coefficient (Wildman–Crippen LogP) is 4.11. The highest BCUT2D eigenvalue weighted by Crippen LogP contribution is 2.29. The van der Waals surface area contributed by atoms with Crippen LogP contribution in [0.1, 0.15) is 48.6 Å². The van der Waals surface area contributed by atoms with Crippen LogP contribution in [0.3, 0.4) is 0 Å². The monoisotopic (exact) mass is 488 g/mol. The molecule has 1 aromatic heterocycles. The van der Waals surface area contributed by atoms with Gasteiger partial charge in [0.1, 0.15) is 11.6 Å². The number of rotatable bonds is 7. The lowest BCUT2D eigenvalue weighted by molar-refractivity contribution is 0.247. The lowest BCUT2D eigenvalue weighted by Gasteiger charge is -2.21. The molecule has 3 aromatic rings. The third-order valence-electron chi connectivity index (χ3n) is 6.61. The second-order valence-electron chi connectivity index (χ2n) is 9.07. The van der Waals surface area contributed by atoms with Crippen LogP contribution in [0.4, 0.5) is 10.6 Å². The average molecular weight is 489 g/mol. The van der Waals surface area contributed by atoms with Gasteiger partial charge >= 0.3 is 6.03 Å². The number of nitrogens with zero attached hydrogens (tertiary/aromatic N) is 4. The summed E-state index contributed by atoms with van der Waals surface area (Å²) in [6.45, 7) is 8.93. The molecule has 0 bridgehead atoms. The molecule has 4 rings (SSSR count). The van der Waals surface area contributed by atoms with Gasteiger partial charge in [-0.1, -0.05) is 50.2 Å². The van der Waals surface area contributed by atoms with Crippen LogP contribution < -0.4 is 15.9 Å². The molecule has 0 radical (unpaired) electrons. The molecule has 1 aliphatic rings. The summed E-state index contributed by atoms with van der Waals surface area (Å²) in [6.07, 6.45) is 1.66. The molecule has 1 aliphatic heterocycles. The summed E-state index contributed by atoms with van der Waals surface area (Å²) in [6, 6.07) is 17.9. The van der Waals surface area contributed by atoms with Gasteiger partial charge in [0.05, 0.1) is 17.4 Å². The summed E-state index contributed by atoms with van der Waals surface area (Å²) in [7, 11) is 2.77. The SMILES string of the molecule is CCCN1CC(c2ccc(P)c(C)c2)[C@H](NC(=O)Nc2c(C#N)c(CC)nn2-c2ccccc2)C1. The molecule has 35 heavy (non-hydrogen) atoms. The Labute approximate surface area is 209 Å². The molecule has 2 amide bonds. The van der Waals surface area contributed by atoms with Crippen molar-refractivity contribution in [1.82, 2.24) is 20.0 Å². The van der Waals surface area contributed by atoms with Gasteiger partial charge in [0.2, 0.25) is 0 Å². The minimum atomic E-state index is -0.325. The number of aryl methyl sites for hydroxylation is 2. The quantitative estimate of drug-likeness (QED) is 0.490. The number of hydrogen-bond donors (Lipinski definition) is 2. The molecular formula is C27H33N6OP. The van der Waals surface area contributed by atoms with E-state index in [0.717, 1.165) is 31.7 Å². The number of urea groups is 1. The topological polar surface area (TPSA) is 86.0 Å². The molecule has 7 nitrogen and oxygen atoms in total. The zero-order valence-corrected chi connectivity index (χ0v) is 21.7. The van der Waals surface area contributed by atoms with Crippen LogP contribution >= 0.6 is 9.24 Å². The lowest BCUT2D eigenvalue weighted by Crippen LogP contribution is -2.42. The normalized spacial score (nSPS) is 17.8. The largest absolute Gasteiger partial charge is 0.333 e. The van der Waals surface area contributed by atoms with E-state index < -0.39 is 0 Å². The van der Waals surface area contributed by atoms with Gasteiger partial charge in [0, 0.05) is 19.0 Å². The minimum Gasteiger partial charge on any atom is -0.333 e. The third kappa shape index (κ3) is 5.40. The Bertz CT molecular complexity index is 1230. The Balaban J connectivity index is 1.60. The van der Waals surface area contributed by atoms with E-state index in [9.17, 15) is 10.1 Å². The number of hydrogen-bond acceptors (Lipinski definition) is 4. The van der Waals surface area contributed by atoms with Gasteiger partial charge in [0.15, 0.2) is 5.82 Å². The van der Waals surface area contributed by atoms with Crippen LogP contribution in [0.5, 0.6) is 0 Å². The first-order chi connectivity index (χ1) is 16.9. The van der Waals surface area contributed by atoms with E-state index >= 15 is 0 Å². The number of aromatic nitrogens is 2. The van der Waals surface area contributed by atoms with Crippen molar-refractivity contribution in [2.45, 2.75) is 45.6 Å². The number of nitriles is 1. The molecule has 0 saturated carbocycles. The molecule has 1 fully saturated rings. The van der Waals surface area contributed by atoms with Crippen molar-refractivity contribution in [3.05, 3.63) is 70.9 Å². The summed E-state index contributed by atoms with van der Waals surface area (Å²) >= 11 is 0. The summed E-state index contributed by atoms with van der Waals surface area (Å²) in [5.41, 5.74) is 4.31. The molecule has 2 heterocycles. The second-order valence-corrected chi connectivity index (χ2v) is 9.69. The molecule has 1 saturated heterocycles. The fourth-order valence-electron chi connectivity index (χ4n) is 4.81. The van der Waals surface area contributed by atoms with E-state index in [-0.39, 0.29) is 18.0 Å². The summed E-state index contributed by atoms with van der Waals surface area (Å²) in [5.74, 6) is 0.591. The van der Waals surface area contributed by atoms with Crippen LogP contribution in [0.2, 0.25) is 0 Å². The van der Waals surface area contributed by atoms with Crippen LogP contribution in [0.25, 0.3) is 5.69 Å². The van der Waals surface area contributed by atoms with Crippen molar-refractivity contribution < 1.29 is 4.79 Å². The number of benzene rings is 2. The molecule has 2 unspecified atom stereocenters. The fraction of sp³-hybridized carbons (Fsp3) is 0.370. The number of nitrogens with one attached hydrogen (secondary N) is 2. The van der Waals surface area contributed by atoms with Gasteiger partial charge in [0.25, 0.3) is 0 Å². The zero-order valence-electron chi connectivity index (χ0n) is 20.6. The Morgan fingerprint density at radius 3 is 2.63 bits per heavy atom. The average Bonchev–Trinajstić information content (AvgIpc) is 3.42. The lowest BCUT2D eigenvalue weighted by atomic mass is 9.93. The molecule has 0 aliphatic carbocycles. The highest BCUT2D eigenvalue weighted by molar-refractivity contribution is 7.27. The molecule has 182 valence electrons. The molecule has 2 N–H and O–H groups in total. The van der Waals surface area contributed by atoms with Crippen molar-refractivity contribution in [3.8, 4) is 11.8 Å². The van der Waals surface area contributed by atoms with Crippen molar-refractivity contribution >= 4 is 26.4 Å².